The topological polar surface area (TPSA) is 119 Å². The number of hydrogen-bond donors (Lipinski definition) is 1. The van der Waals surface area contributed by atoms with Crippen LogP contribution in [0.2, 0.25) is 0 Å². The molecule has 0 radical (unpaired) electrons. The molecule has 1 saturated heterocycles. The Morgan fingerprint density at radius 2 is 1.90 bits per heavy atom. The minimum Gasteiger partial charge on any atom is -0.447 e. The van der Waals surface area contributed by atoms with Crippen LogP contribution < -0.4 is 10.7 Å². The van der Waals surface area contributed by atoms with E-state index in [1.807, 2.05) is 26.0 Å². The summed E-state index contributed by atoms with van der Waals surface area (Å²) >= 11 is 0. The number of carbonyl (C=O) groups is 1. The molecule has 5 rings (SSSR count). The molecular weight excluding hydrogens is 388 g/mol. The zero-order valence-corrected chi connectivity index (χ0v) is 16.3. The highest BCUT2D eigenvalue weighted by Crippen LogP contribution is 2.30. The van der Waals surface area contributed by atoms with Crippen molar-refractivity contribution in [1.82, 2.24) is 24.8 Å². The van der Waals surface area contributed by atoms with Crippen molar-refractivity contribution < 1.29 is 13.9 Å². The number of H-pyrrole nitrogens is 1. The molecule has 10 nitrogen and oxygen atoms in total. The van der Waals surface area contributed by atoms with Gasteiger partial charge in [0.05, 0.1) is 12.2 Å². The maximum Gasteiger partial charge on any atom is 0.434 e. The van der Waals surface area contributed by atoms with E-state index < -0.39 is 11.8 Å². The minimum atomic E-state index is -0.603. The van der Waals surface area contributed by atoms with Crippen LogP contribution in [0.3, 0.4) is 0 Å². The molecule has 1 aliphatic rings. The van der Waals surface area contributed by atoms with Crippen molar-refractivity contribution in [3.05, 3.63) is 53.3 Å². The second-order valence-electron chi connectivity index (χ2n) is 7.37. The van der Waals surface area contributed by atoms with Gasteiger partial charge in [-0.25, -0.2) is 24.2 Å². The summed E-state index contributed by atoms with van der Waals surface area (Å²) in [5.74, 6) is 0.376. The summed E-state index contributed by atoms with van der Waals surface area (Å²) in [7, 11) is 0. The van der Waals surface area contributed by atoms with Crippen LogP contribution in [0, 0.1) is 5.92 Å². The SMILES string of the molecule is CC(C)[C@H]1COC(=O)N1c1ccn2ncc(-c3ccc(-c4n[nH]c(=O)o4)cc3)c2n1. The summed E-state index contributed by atoms with van der Waals surface area (Å²) in [4.78, 5) is 29.8. The molecule has 0 unspecified atom stereocenters. The van der Waals surface area contributed by atoms with Gasteiger partial charge < -0.3 is 9.15 Å². The third-order valence-corrected chi connectivity index (χ3v) is 5.16. The van der Waals surface area contributed by atoms with Crippen molar-refractivity contribution >= 4 is 17.6 Å². The Kier molecular flexibility index (Phi) is 4.12. The molecule has 0 bridgehead atoms. The number of nitrogens with one attached hydrogen (secondary N) is 1. The number of ether oxygens (including phenoxy) is 1. The molecule has 4 heterocycles. The summed E-state index contributed by atoms with van der Waals surface area (Å²) < 4.78 is 11.9. The number of aromatic nitrogens is 5. The van der Waals surface area contributed by atoms with Gasteiger partial charge in [0.1, 0.15) is 12.4 Å². The molecule has 30 heavy (non-hydrogen) atoms. The predicted molar refractivity (Wildman–Crippen MR) is 107 cm³/mol. The Bertz CT molecular complexity index is 1290. The fraction of sp³-hybridized carbons (Fsp3) is 0.250. The first-order valence-corrected chi connectivity index (χ1v) is 9.48. The maximum absolute atomic E-state index is 12.3. The zero-order chi connectivity index (χ0) is 20.8. The van der Waals surface area contributed by atoms with Crippen LogP contribution in [0.1, 0.15) is 13.8 Å². The Labute approximate surface area is 170 Å². The first-order valence-electron chi connectivity index (χ1n) is 9.48. The van der Waals surface area contributed by atoms with Crippen LogP contribution in [0.25, 0.3) is 28.2 Å². The van der Waals surface area contributed by atoms with Crippen LogP contribution in [0.5, 0.6) is 0 Å². The Morgan fingerprint density at radius 1 is 1.13 bits per heavy atom. The smallest absolute Gasteiger partial charge is 0.434 e. The molecule has 3 aromatic heterocycles. The molecular formula is C20H18N6O4. The van der Waals surface area contributed by atoms with E-state index in [9.17, 15) is 9.59 Å². The second-order valence-corrected chi connectivity index (χ2v) is 7.37. The lowest BCUT2D eigenvalue weighted by Gasteiger charge is -2.23. The van der Waals surface area contributed by atoms with Crippen molar-refractivity contribution in [2.24, 2.45) is 5.92 Å². The fourth-order valence-electron chi connectivity index (χ4n) is 3.53. The lowest BCUT2D eigenvalue weighted by atomic mass is 10.0. The lowest BCUT2D eigenvalue weighted by molar-refractivity contribution is 0.177. The zero-order valence-electron chi connectivity index (χ0n) is 16.3. The van der Waals surface area contributed by atoms with E-state index in [-0.39, 0.29) is 17.9 Å². The van der Waals surface area contributed by atoms with Crippen molar-refractivity contribution in [2.45, 2.75) is 19.9 Å². The molecule has 0 aliphatic carbocycles. The molecule has 4 aromatic rings. The average molecular weight is 406 g/mol. The number of anilines is 1. The van der Waals surface area contributed by atoms with Crippen molar-refractivity contribution in [3.8, 4) is 22.6 Å². The van der Waals surface area contributed by atoms with Gasteiger partial charge in [-0.1, -0.05) is 26.0 Å². The van der Waals surface area contributed by atoms with Crippen molar-refractivity contribution in [2.75, 3.05) is 11.5 Å². The number of hydrogen-bond acceptors (Lipinski definition) is 7. The molecule has 0 spiro atoms. The Hall–Kier alpha value is -3.95. The quantitative estimate of drug-likeness (QED) is 0.553. The van der Waals surface area contributed by atoms with E-state index in [0.29, 0.717) is 23.6 Å². The first kappa shape index (κ1) is 18.1. The van der Waals surface area contributed by atoms with E-state index >= 15 is 0 Å². The van der Waals surface area contributed by atoms with Gasteiger partial charge >= 0.3 is 11.8 Å². The van der Waals surface area contributed by atoms with E-state index in [1.54, 1.807) is 40.0 Å². The van der Waals surface area contributed by atoms with Crippen LogP contribution >= 0.6 is 0 Å². The van der Waals surface area contributed by atoms with Gasteiger partial charge in [-0.05, 0) is 29.7 Å². The lowest BCUT2D eigenvalue weighted by Crippen LogP contribution is -2.37. The van der Waals surface area contributed by atoms with Gasteiger partial charge in [-0.15, -0.1) is 5.10 Å². The summed E-state index contributed by atoms with van der Waals surface area (Å²) in [6.45, 7) is 4.44. The maximum atomic E-state index is 12.3. The van der Waals surface area contributed by atoms with Crippen LogP contribution in [-0.2, 0) is 4.74 Å². The standard InChI is InChI=1S/C20H18N6O4/c1-11(2)15-10-29-20(28)26(15)16-7-8-25-17(22-16)14(9-21-25)12-3-5-13(6-4-12)18-23-24-19(27)30-18/h3-9,11,15H,10H2,1-2H3,(H,24,27)/t15-/m1/s1. The van der Waals surface area contributed by atoms with Crippen LogP contribution in [0.15, 0.2) is 51.9 Å². The largest absolute Gasteiger partial charge is 0.447 e. The van der Waals surface area contributed by atoms with E-state index in [0.717, 1.165) is 11.1 Å². The average Bonchev–Trinajstić information content (AvgIpc) is 3.45. The highest BCUT2D eigenvalue weighted by molar-refractivity contribution is 5.90. The van der Waals surface area contributed by atoms with Gasteiger partial charge in [-0.2, -0.15) is 5.10 Å². The van der Waals surface area contributed by atoms with E-state index in [1.165, 1.54) is 0 Å². The third-order valence-electron chi connectivity index (χ3n) is 5.16. The van der Waals surface area contributed by atoms with Gasteiger partial charge in [0.2, 0.25) is 5.89 Å². The summed E-state index contributed by atoms with van der Waals surface area (Å²) in [6.07, 6.45) is 3.10. The minimum absolute atomic E-state index is 0.0680. The van der Waals surface area contributed by atoms with Gasteiger partial charge in [-0.3, -0.25) is 4.90 Å². The summed E-state index contributed by atoms with van der Waals surface area (Å²) in [5.41, 5.74) is 2.97. The highest BCUT2D eigenvalue weighted by Gasteiger charge is 2.37. The van der Waals surface area contributed by atoms with Crippen LogP contribution in [0.4, 0.5) is 10.6 Å². The van der Waals surface area contributed by atoms with E-state index in [2.05, 4.69) is 15.3 Å². The van der Waals surface area contributed by atoms with Crippen molar-refractivity contribution in [1.29, 1.82) is 0 Å². The Morgan fingerprint density at radius 3 is 2.60 bits per heavy atom. The van der Waals surface area contributed by atoms with Gasteiger partial charge in [0, 0.05) is 17.3 Å². The van der Waals surface area contributed by atoms with E-state index in [4.69, 9.17) is 14.1 Å². The van der Waals surface area contributed by atoms with Crippen LogP contribution in [-0.4, -0.2) is 43.5 Å². The Balaban J connectivity index is 1.53. The fourth-order valence-corrected chi connectivity index (χ4v) is 3.53. The number of benzene rings is 1. The second kappa shape index (κ2) is 6.83. The molecule has 0 saturated carbocycles. The molecule has 1 aromatic carbocycles. The molecule has 152 valence electrons. The number of carbonyl (C=O) groups excluding carboxylic acids is 1. The first-order chi connectivity index (χ1) is 14.5. The summed E-state index contributed by atoms with van der Waals surface area (Å²) in [5, 5.41) is 10.4. The van der Waals surface area contributed by atoms with Gasteiger partial charge in [0.25, 0.3) is 0 Å². The molecule has 1 N–H and O–H groups in total. The number of aromatic amines is 1. The third kappa shape index (κ3) is 2.93. The molecule has 10 heteroatoms. The number of amides is 1. The number of nitrogens with zero attached hydrogens (tertiary/aromatic N) is 5. The number of rotatable bonds is 4. The molecule has 1 fully saturated rings. The monoisotopic (exact) mass is 406 g/mol. The molecule has 1 atom stereocenters. The number of fused-ring (bicyclic) bond motifs is 1. The van der Waals surface area contributed by atoms with Gasteiger partial charge in [0.15, 0.2) is 5.65 Å². The number of cyclic esters (lactones) is 1. The predicted octanol–water partition coefficient (Wildman–Crippen LogP) is 2.72. The molecule has 1 aliphatic heterocycles. The normalized spacial score (nSPS) is 16.6. The van der Waals surface area contributed by atoms with Crippen molar-refractivity contribution in [3.63, 3.8) is 0 Å². The highest BCUT2D eigenvalue weighted by atomic mass is 16.6. The molecule has 1 amide bonds. The summed E-state index contributed by atoms with van der Waals surface area (Å²) in [6, 6.07) is 9.03.